The van der Waals surface area contributed by atoms with Gasteiger partial charge in [-0.2, -0.15) is 0 Å². The normalized spacial score (nSPS) is 24.1. The Morgan fingerprint density at radius 2 is 2.22 bits per heavy atom. The number of aryl methyl sites for hydroxylation is 1. The van der Waals surface area contributed by atoms with Crippen LogP contribution in [0.4, 0.5) is 0 Å². The second-order valence-electron chi connectivity index (χ2n) is 5.00. The van der Waals surface area contributed by atoms with Crippen LogP contribution in [0.1, 0.15) is 29.3 Å². The minimum atomic E-state index is 0.112. The van der Waals surface area contributed by atoms with Gasteiger partial charge in [0, 0.05) is 28.5 Å². The van der Waals surface area contributed by atoms with E-state index in [-0.39, 0.29) is 5.91 Å². The molecule has 1 fully saturated rings. The highest BCUT2D eigenvalue weighted by atomic mass is 79.9. The fourth-order valence-electron chi connectivity index (χ4n) is 2.26. The third-order valence-corrected chi connectivity index (χ3v) is 5.28. The third-order valence-electron chi connectivity index (χ3n) is 3.49. The fraction of sp³-hybridized carbons (Fsp3) is 0.500. The number of benzene rings is 1. The smallest absolute Gasteiger partial charge is 0.253 e. The van der Waals surface area contributed by atoms with Crippen molar-refractivity contribution in [1.29, 1.82) is 0 Å². The number of hydrogen-bond donors (Lipinski definition) is 0. The second-order valence-corrected chi connectivity index (χ2v) is 6.58. The zero-order valence-electron chi connectivity index (χ0n) is 10.6. The molecule has 0 bridgehead atoms. The lowest BCUT2D eigenvalue weighted by Gasteiger charge is -2.34. The Morgan fingerprint density at radius 3 is 2.83 bits per heavy atom. The minimum absolute atomic E-state index is 0.112. The first-order chi connectivity index (χ1) is 8.49. The van der Waals surface area contributed by atoms with Crippen LogP contribution in [0, 0.1) is 12.8 Å². The predicted octanol–water partition coefficient (Wildman–Crippen LogP) is 3.89. The van der Waals surface area contributed by atoms with Crippen LogP contribution >= 0.6 is 27.5 Å². The maximum Gasteiger partial charge on any atom is 0.253 e. The van der Waals surface area contributed by atoms with Crippen molar-refractivity contribution >= 4 is 33.4 Å². The van der Waals surface area contributed by atoms with Crippen molar-refractivity contribution in [2.75, 3.05) is 13.1 Å². The summed E-state index contributed by atoms with van der Waals surface area (Å²) in [4.78, 5) is 14.8. The van der Waals surface area contributed by atoms with Crippen molar-refractivity contribution in [3.05, 3.63) is 34.3 Å². The highest BCUT2D eigenvalue weighted by Gasteiger charge is 2.27. The van der Waals surface area contributed by atoms with Crippen molar-refractivity contribution < 1.29 is 4.79 Å². The van der Waals surface area contributed by atoms with Crippen molar-refractivity contribution in [3.63, 3.8) is 0 Å². The molecule has 18 heavy (non-hydrogen) atoms. The lowest BCUT2D eigenvalue weighted by atomic mass is 9.99. The van der Waals surface area contributed by atoms with E-state index in [4.69, 9.17) is 11.6 Å². The molecule has 0 aliphatic carbocycles. The Labute approximate surface area is 121 Å². The molecule has 2 atom stereocenters. The van der Waals surface area contributed by atoms with E-state index in [1.54, 1.807) is 6.07 Å². The standard InChI is InChI=1S/C14H17BrClNO/c1-9-7-11(3-4-13(9)16)14(18)17-6-5-12(15)10(2)8-17/h3-4,7,10,12H,5-6,8H2,1-2H3. The zero-order valence-corrected chi connectivity index (χ0v) is 13.0. The summed E-state index contributed by atoms with van der Waals surface area (Å²) < 4.78 is 0. The minimum Gasteiger partial charge on any atom is -0.338 e. The summed E-state index contributed by atoms with van der Waals surface area (Å²) in [6.45, 7) is 5.73. The Balaban J connectivity index is 2.14. The zero-order chi connectivity index (χ0) is 13.3. The number of hydrogen-bond acceptors (Lipinski definition) is 1. The molecule has 0 saturated carbocycles. The monoisotopic (exact) mass is 329 g/mol. The molecule has 2 rings (SSSR count). The molecule has 1 saturated heterocycles. The van der Waals surface area contributed by atoms with Crippen molar-refractivity contribution in [1.82, 2.24) is 4.90 Å². The van der Waals surface area contributed by atoms with Gasteiger partial charge >= 0.3 is 0 Å². The van der Waals surface area contributed by atoms with Crippen LogP contribution in [0.5, 0.6) is 0 Å². The maximum atomic E-state index is 12.4. The van der Waals surface area contributed by atoms with Crippen molar-refractivity contribution in [2.24, 2.45) is 5.92 Å². The largest absolute Gasteiger partial charge is 0.338 e. The highest BCUT2D eigenvalue weighted by Crippen LogP contribution is 2.25. The summed E-state index contributed by atoms with van der Waals surface area (Å²) in [6.07, 6.45) is 1.01. The van der Waals surface area contributed by atoms with E-state index in [1.807, 2.05) is 24.0 Å². The summed E-state index contributed by atoms with van der Waals surface area (Å²) in [5, 5.41) is 0.707. The molecule has 1 amide bonds. The number of halogens is 2. The van der Waals surface area contributed by atoms with E-state index in [0.717, 1.165) is 30.6 Å². The van der Waals surface area contributed by atoms with Gasteiger partial charge in [0.15, 0.2) is 0 Å². The van der Waals surface area contributed by atoms with Gasteiger partial charge in [-0.1, -0.05) is 34.5 Å². The van der Waals surface area contributed by atoms with Crippen LogP contribution in [0.3, 0.4) is 0 Å². The molecule has 2 nitrogen and oxygen atoms in total. The predicted molar refractivity (Wildman–Crippen MR) is 78.6 cm³/mol. The van der Waals surface area contributed by atoms with Gasteiger partial charge in [0.25, 0.3) is 5.91 Å². The quantitative estimate of drug-likeness (QED) is 0.715. The third kappa shape index (κ3) is 2.89. The topological polar surface area (TPSA) is 20.3 Å². The lowest BCUT2D eigenvalue weighted by molar-refractivity contribution is 0.0690. The maximum absolute atomic E-state index is 12.4. The van der Waals surface area contributed by atoms with E-state index in [9.17, 15) is 4.79 Å². The Bertz CT molecular complexity index is 463. The molecule has 1 aromatic carbocycles. The number of carbonyl (C=O) groups is 1. The molecule has 0 N–H and O–H groups in total. The van der Waals surface area contributed by atoms with Crippen LogP contribution in [0.25, 0.3) is 0 Å². The number of alkyl halides is 1. The summed E-state index contributed by atoms with van der Waals surface area (Å²) in [7, 11) is 0. The molecular weight excluding hydrogens is 314 g/mol. The van der Waals surface area contributed by atoms with E-state index in [2.05, 4.69) is 22.9 Å². The molecule has 1 aliphatic rings. The molecule has 2 unspecified atom stereocenters. The van der Waals surface area contributed by atoms with Crippen LogP contribution in [0.2, 0.25) is 5.02 Å². The number of carbonyl (C=O) groups excluding carboxylic acids is 1. The van der Waals surface area contributed by atoms with Gasteiger partial charge in [-0.25, -0.2) is 0 Å². The van der Waals surface area contributed by atoms with E-state index < -0.39 is 0 Å². The molecule has 0 aromatic heterocycles. The number of piperidine rings is 1. The Hall–Kier alpha value is -0.540. The Kier molecular flexibility index (Phi) is 4.33. The van der Waals surface area contributed by atoms with Crippen LogP contribution < -0.4 is 0 Å². The van der Waals surface area contributed by atoms with E-state index >= 15 is 0 Å². The summed E-state index contributed by atoms with van der Waals surface area (Å²) in [5.74, 6) is 0.608. The molecule has 98 valence electrons. The molecular formula is C14H17BrClNO. The molecule has 0 spiro atoms. The average Bonchev–Trinajstić information content (AvgIpc) is 2.35. The van der Waals surface area contributed by atoms with Crippen LogP contribution in [-0.4, -0.2) is 28.7 Å². The van der Waals surface area contributed by atoms with Gasteiger partial charge < -0.3 is 4.90 Å². The molecule has 0 radical (unpaired) electrons. The molecule has 1 aliphatic heterocycles. The van der Waals surface area contributed by atoms with Gasteiger partial charge in [-0.3, -0.25) is 4.79 Å². The SMILES string of the molecule is Cc1cc(C(=O)N2CCC(Br)C(C)C2)ccc1Cl. The number of likely N-dealkylation sites (tertiary alicyclic amines) is 1. The first-order valence-corrected chi connectivity index (χ1v) is 7.48. The number of amides is 1. The first-order valence-electron chi connectivity index (χ1n) is 6.18. The lowest BCUT2D eigenvalue weighted by Crippen LogP contribution is -2.43. The van der Waals surface area contributed by atoms with Gasteiger partial charge in [-0.15, -0.1) is 0 Å². The molecule has 1 heterocycles. The van der Waals surface area contributed by atoms with Crippen molar-refractivity contribution in [2.45, 2.75) is 25.1 Å². The van der Waals surface area contributed by atoms with Gasteiger partial charge in [-0.05, 0) is 43.0 Å². The number of nitrogens with zero attached hydrogens (tertiary/aromatic N) is 1. The average molecular weight is 331 g/mol. The van der Waals surface area contributed by atoms with E-state index in [0.29, 0.717) is 15.8 Å². The molecule has 1 aromatic rings. The highest BCUT2D eigenvalue weighted by molar-refractivity contribution is 9.09. The molecule has 4 heteroatoms. The summed E-state index contributed by atoms with van der Waals surface area (Å²) in [5.41, 5.74) is 1.68. The fourth-order valence-corrected chi connectivity index (χ4v) is 2.75. The van der Waals surface area contributed by atoms with Gasteiger partial charge in [0.1, 0.15) is 0 Å². The number of rotatable bonds is 1. The van der Waals surface area contributed by atoms with E-state index in [1.165, 1.54) is 0 Å². The van der Waals surface area contributed by atoms with Gasteiger partial charge in [0.2, 0.25) is 0 Å². The van der Waals surface area contributed by atoms with Gasteiger partial charge in [0.05, 0.1) is 0 Å². The summed E-state index contributed by atoms with van der Waals surface area (Å²) >= 11 is 9.63. The Morgan fingerprint density at radius 1 is 1.50 bits per heavy atom. The first kappa shape index (κ1) is 13.9. The summed E-state index contributed by atoms with van der Waals surface area (Å²) in [6, 6.07) is 5.48. The van der Waals surface area contributed by atoms with Crippen LogP contribution in [0.15, 0.2) is 18.2 Å². The van der Waals surface area contributed by atoms with Crippen molar-refractivity contribution in [3.8, 4) is 0 Å². The second kappa shape index (κ2) is 5.62. The van der Waals surface area contributed by atoms with Crippen LogP contribution in [-0.2, 0) is 0 Å².